The molecule has 0 aliphatic heterocycles. The molecule has 0 amide bonds. The summed E-state index contributed by atoms with van der Waals surface area (Å²) >= 11 is 0. The van der Waals surface area contributed by atoms with Gasteiger partial charge in [-0.25, -0.2) is 0 Å². The SMILES string of the molecule is CC([N])Cc1ccc(OC(=O)C(C)C)c(OC(=O)C(C)C)c1. The van der Waals surface area contributed by atoms with E-state index >= 15 is 0 Å². The molecule has 5 nitrogen and oxygen atoms in total. The molecule has 0 bridgehead atoms. The molecule has 1 aromatic carbocycles. The molecular formula is C17H23NO4. The Morgan fingerprint density at radius 3 is 1.91 bits per heavy atom. The molecule has 0 N–H and O–H groups in total. The van der Waals surface area contributed by atoms with Gasteiger partial charge in [-0.2, -0.15) is 0 Å². The van der Waals surface area contributed by atoms with Crippen LogP contribution in [-0.4, -0.2) is 18.0 Å². The third-order valence-electron chi connectivity index (χ3n) is 2.90. The number of ether oxygens (including phenoxy) is 2. The maximum absolute atomic E-state index is 11.8. The lowest BCUT2D eigenvalue weighted by atomic mass is 10.1. The molecule has 0 heterocycles. The lowest BCUT2D eigenvalue weighted by molar-refractivity contribution is -0.140. The first-order valence-corrected chi connectivity index (χ1v) is 7.45. The average Bonchev–Trinajstić information content (AvgIpc) is 2.40. The summed E-state index contributed by atoms with van der Waals surface area (Å²) in [6.45, 7) is 8.57. The van der Waals surface area contributed by atoms with E-state index in [1.54, 1.807) is 52.8 Å². The van der Waals surface area contributed by atoms with E-state index in [1.807, 2.05) is 0 Å². The zero-order chi connectivity index (χ0) is 16.9. The number of hydrogen-bond acceptors (Lipinski definition) is 4. The van der Waals surface area contributed by atoms with Gasteiger partial charge in [0.15, 0.2) is 11.5 Å². The number of nitrogens with zero attached hydrogens (tertiary/aromatic N) is 1. The van der Waals surface area contributed by atoms with E-state index in [-0.39, 0.29) is 23.3 Å². The Morgan fingerprint density at radius 2 is 1.45 bits per heavy atom. The van der Waals surface area contributed by atoms with Crippen LogP contribution in [0.1, 0.15) is 40.2 Å². The van der Waals surface area contributed by atoms with Crippen LogP contribution < -0.4 is 15.2 Å². The smallest absolute Gasteiger partial charge is 0.313 e. The standard InChI is InChI=1S/C17H23NO4/c1-10(2)16(19)21-14-7-6-13(8-12(5)18)9-15(14)22-17(20)11(3)4/h6-7,9-12H,8H2,1-5H3. The third kappa shape index (κ3) is 5.48. The van der Waals surface area contributed by atoms with Crippen LogP contribution in [0.5, 0.6) is 11.5 Å². The fourth-order valence-electron chi connectivity index (χ4n) is 1.64. The first-order chi connectivity index (χ1) is 10.2. The second-order valence-electron chi connectivity index (χ2n) is 5.99. The van der Waals surface area contributed by atoms with Gasteiger partial charge in [0.25, 0.3) is 0 Å². The van der Waals surface area contributed by atoms with Crippen LogP contribution in [0.15, 0.2) is 18.2 Å². The van der Waals surface area contributed by atoms with Crippen molar-refractivity contribution in [3.05, 3.63) is 23.8 Å². The zero-order valence-corrected chi connectivity index (χ0v) is 13.8. The van der Waals surface area contributed by atoms with Crippen molar-refractivity contribution in [3.8, 4) is 11.5 Å². The normalized spacial score (nSPS) is 12.4. The molecule has 0 saturated carbocycles. The average molecular weight is 305 g/mol. The minimum atomic E-state index is -0.516. The van der Waals surface area contributed by atoms with E-state index in [0.717, 1.165) is 5.56 Å². The molecule has 1 unspecified atom stereocenters. The molecule has 0 aliphatic rings. The van der Waals surface area contributed by atoms with Crippen LogP contribution in [0.2, 0.25) is 0 Å². The first kappa shape index (κ1) is 18.2. The van der Waals surface area contributed by atoms with Gasteiger partial charge in [-0.05, 0) is 31.0 Å². The van der Waals surface area contributed by atoms with Crippen molar-refractivity contribution in [2.75, 3.05) is 0 Å². The fraction of sp³-hybridized carbons (Fsp3) is 0.529. The minimum Gasteiger partial charge on any atom is -0.422 e. The molecule has 120 valence electrons. The van der Waals surface area contributed by atoms with Crippen LogP contribution in [0.25, 0.3) is 0 Å². The van der Waals surface area contributed by atoms with Gasteiger partial charge in [-0.3, -0.25) is 9.59 Å². The van der Waals surface area contributed by atoms with Crippen molar-refractivity contribution < 1.29 is 19.1 Å². The lowest BCUT2D eigenvalue weighted by Gasteiger charge is -2.14. The summed E-state index contributed by atoms with van der Waals surface area (Å²) in [5.41, 5.74) is 10.3. The fourth-order valence-corrected chi connectivity index (χ4v) is 1.64. The van der Waals surface area contributed by atoms with Crippen molar-refractivity contribution >= 4 is 11.9 Å². The van der Waals surface area contributed by atoms with Crippen LogP contribution in [0, 0.1) is 11.8 Å². The van der Waals surface area contributed by atoms with Crippen molar-refractivity contribution in [1.82, 2.24) is 5.73 Å². The Morgan fingerprint density at radius 1 is 0.955 bits per heavy atom. The number of carbonyl (C=O) groups excluding carboxylic acids is 2. The molecule has 0 aliphatic carbocycles. The number of rotatable bonds is 6. The third-order valence-corrected chi connectivity index (χ3v) is 2.90. The molecule has 0 fully saturated rings. The van der Waals surface area contributed by atoms with E-state index in [4.69, 9.17) is 9.47 Å². The highest BCUT2D eigenvalue weighted by atomic mass is 16.6. The molecule has 0 aromatic heterocycles. The van der Waals surface area contributed by atoms with Crippen LogP contribution >= 0.6 is 0 Å². The highest BCUT2D eigenvalue weighted by Gasteiger charge is 2.18. The number of hydrogen-bond donors (Lipinski definition) is 0. The van der Waals surface area contributed by atoms with Crippen molar-refractivity contribution in [2.45, 2.75) is 47.1 Å². The van der Waals surface area contributed by atoms with Crippen molar-refractivity contribution in [3.63, 3.8) is 0 Å². The molecular weight excluding hydrogens is 282 g/mol. The highest BCUT2D eigenvalue weighted by Crippen LogP contribution is 2.30. The minimum absolute atomic E-state index is 0.200. The van der Waals surface area contributed by atoms with Gasteiger partial charge in [0.05, 0.1) is 11.8 Å². The van der Waals surface area contributed by atoms with Gasteiger partial charge >= 0.3 is 11.9 Å². The first-order valence-electron chi connectivity index (χ1n) is 7.45. The molecule has 1 rings (SSSR count). The van der Waals surface area contributed by atoms with Gasteiger partial charge in [0.1, 0.15) is 0 Å². The van der Waals surface area contributed by atoms with Gasteiger partial charge < -0.3 is 9.47 Å². The Bertz CT molecular complexity index is 535. The summed E-state index contributed by atoms with van der Waals surface area (Å²) in [7, 11) is 0. The molecule has 22 heavy (non-hydrogen) atoms. The van der Waals surface area contributed by atoms with E-state index in [9.17, 15) is 15.3 Å². The molecule has 2 radical (unpaired) electrons. The van der Waals surface area contributed by atoms with Crippen LogP contribution in [0.3, 0.4) is 0 Å². The van der Waals surface area contributed by atoms with E-state index in [0.29, 0.717) is 6.42 Å². The summed E-state index contributed by atoms with van der Waals surface area (Å²) in [4.78, 5) is 23.5. The van der Waals surface area contributed by atoms with Gasteiger partial charge in [-0.1, -0.05) is 33.8 Å². The quantitative estimate of drug-likeness (QED) is 0.598. The van der Waals surface area contributed by atoms with Crippen LogP contribution in [0.4, 0.5) is 0 Å². The van der Waals surface area contributed by atoms with Crippen LogP contribution in [-0.2, 0) is 16.0 Å². The Hall–Kier alpha value is -1.88. The van der Waals surface area contributed by atoms with E-state index in [1.165, 1.54) is 0 Å². The molecule has 1 atom stereocenters. The summed E-state index contributed by atoms with van der Waals surface area (Å²) in [5.74, 6) is -0.978. The van der Waals surface area contributed by atoms with E-state index in [2.05, 4.69) is 0 Å². The predicted octanol–water partition coefficient (Wildman–Crippen LogP) is 2.81. The lowest BCUT2D eigenvalue weighted by Crippen LogP contribution is -2.18. The second kappa shape index (κ2) is 7.94. The van der Waals surface area contributed by atoms with Gasteiger partial charge in [0, 0.05) is 6.04 Å². The monoisotopic (exact) mass is 305 g/mol. The van der Waals surface area contributed by atoms with E-state index < -0.39 is 18.0 Å². The highest BCUT2D eigenvalue weighted by molar-refractivity contribution is 5.78. The molecule has 1 aromatic rings. The molecule has 0 saturated heterocycles. The van der Waals surface area contributed by atoms with Crippen molar-refractivity contribution in [1.29, 1.82) is 0 Å². The number of carbonyl (C=O) groups is 2. The number of esters is 2. The maximum atomic E-state index is 11.8. The Labute approximate surface area is 131 Å². The topological polar surface area (TPSA) is 74.9 Å². The van der Waals surface area contributed by atoms with Gasteiger partial charge in [-0.15, -0.1) is 5.73 Å². The zero-order valence-electron chi connectivity index (χ0n) is 13.8. The molecule has 5 heteroatoms. The largest absolute Gasteiger partial charge is 0.422 e. The summed E-state index contributed by atoms with van der Waals surface area (Å²) in [6, 6.07) is 4.43. The summed E-state index contributed by atoms with van der Waals surface area (Å²) in [6.07, 6.45) is 0.421. The Kier molecular flexibility index (Phi) is 6.56. The molecule has 0 spiro atoms. The van der Waals surface area contributed by atoms with Crippen molar-refractivity contribution in [2.24, 2.45) is 11.8 Å². The second-order valence-corrected chi connectivity index (χ2v) is 5.99. The Balaban J connectivity index is 3.07. The summed E-state index contributed by atoms with van der Waals surface area (Å²) in [5, 5.41) is 0. The predicted molar refractivity (Wildman–Crippen MR) is 82.7 cm³/mol. The maximum Gasteiger partial charge on any atom is 0.313 e. The van der Waals surface area contributed by atoms with Gasteiger partial charge in [0.2, 0.25) is 0 Å². The number of benzene rings is 1. The summed E-state index contributed by atoms with van der Waals surface area (Å²) < 4.78 is 10.6.